The Bertz CT molecular complexity index is 614. The van der Waals surface area contributed by atoms with Gasteiger partial charge < -0.3 is 15.0 Å². The van der Waals surface area contributed by atoms with E-state index >= 15 is 0 Å². The van der Waals surface area contributed by atoms with Crippen LogP contribution >= 0.6 is 11.3 Å². The predicted octanol–water partition coefficient (Wildman–Crippen LogP) is 1.13. The Labute approximate surface area is 141 Å². The third-order valence-corrected chi connectivity index (χ3v) is 6.12. The number of rotatable bonds is 3. The molecule has 1 aliphatic carbocycles. The highest BCUT2D eigenvalue weighted by atomic mass is 32.1. The molecule has 23 heavy (non-hydrogen) atoms. The van der Waals surface area contributed by atoms with Gasteiger partial charge in [0.05, 0.1) is 18.8 Å². The van der Waals surface area contributed by atoms with E-state index in [9.17, 15) is 10.1 Å². The van der Waals surface area contributed by atoms with Crippen LogP contribution in [0.4, 0.5) is 5.00 Å². The van der Waals surface area contributed by atoms with Gasteiger partial charge in [-0.2, -0.15) is 5.26 Å². The van der Waals surface area contributed by atoms with Gasteiger partial charge in [0.25, 0.3) is 5.91 Å². The number of fused-ring (bicyclic) bond motifs is 1. The van der Waals surface area contributed by atoms with Crippen molar-refractivity contribution in [3.05, 3.63) is 16.0 Å². The average molecular weight is 334 g/mol. The zero-order valence-electron chi connectivity index (χ0n) is 13.6. The van der Waals surface area contributed by atoms with Crippen molar-refractivity contribution in [2.45, 2.75) is 45.1 Å². The smallest absolute Gasteiger partial charge is 0.283 e. The summed E-state index contributed by atoms with van der Waals surface area (Å²) in [4.78, 5) is 15.1. The fraction of sp³-hybridized carbons (Fsp3) is 0.647. The normalized spacial score (nSPS) is 20.2. The summed E-state index contributed by atoms with van der Waals surface area (Å²) in [5.74, 6) is 0.00908. The minimum Gasteiger partial charge on any atom is -0.370 e. The van der Waals surface area contributed by atoms with Crippen LogP contribution in [0.3, 0.4) is 0 Å². The second kappa shape index (κ2) is 7.43. The van der Waals surface area contributed by atoms with Gasteiger partial charge in [-0.05, 0) is 38.2 Å². The van der Waals surface area contributed by atoms with Crippen LogP contribution in [0.1, 0.15) is 42.2 Å². The second-order valence-electron chi connectivity index (χ2n) is 6.36. The SMILES string of the molecule is C[C@H](C(=O)Nc1sc2c(c1C#N)CCCCC2)[NH+]1CCOCC1. The van der Waals surface area contributed by atoms with E-state index in [0.717, 1.165) is 37.4 Å². The molecule has 124 valence electrons. The monoisotopic (exact) mass is 334 g/mol. The van der Waals surface area contributed by atoms with Gasteiger partial charge in [0, 0.05) is 4.88 Å². The quantitative estimate of drug-likeness (QED) is 0.815. The molecule has 2 heterocycles. The molecule has 1 saturated heterocycles. The van der Waals surface area contributed by atoms with Crippen LogP contribution in [0.15, 0.2) is 0 Å². The molecule has 0 bridgehead atoms. The number of quaternary nitrogens is 1. The lowest BCUT2D eigenvalue weighted by Crippen LogP contribution is -3.18. The van der Waals surface area contributed by atoms with Gasteiger partial charge in [-0.3, -0.25) is 4.79 Å². The average Bonchev–Trinajstić information content (AvgIpc) is 2.74. The van der Waals surface area contributed by atoms with E-state index in [4.69, 9.17) is 4.74 Å². The van der Waals surface area contributed by atoms with Gasteiger partial charge in [-0.15, -0.1) is 11.3 Å². The number of nitrogens with one attached hydrogen (secondary N) is 2. The number of nitriles is 1. The molecule has 0 radical (unpaired) electrons. The Morgan fingerprint density at radius 3 is 2.78 bits per heavy atom. The molecule has 1 amide bonds. The van der Waals surface area contributed by atoms with Gasteiger partial charge in [-0.25, -0.2) is 0 Å². The summed E-state index contributed by atoms with van der Waals surface area (Å²) in [6.07, 6.45) is 5.55. The van der Waals surface area contributed by atoms with Crippen molar-refractivity contribution in [3.63, 3.8) is 0 Å². The van der Waals surface area contributed by atoms with Crippen LogP contribution in [0.2, 0.25) is 0 Å². The number of ether oxygens (including phenoxy) is 1. The number of anilines is 1. The summed E-state index contributed by atoms with van der Waals surface area (Å²) >= 11 is 1.60. The molecular formula is C17H24N3O2S+. The maximum Gasteiger partial charge on any atom is 0.283 e. The number of aryl methyl sites for hydroxylation is 1. The van der Waals surface area contributed by atoms with E-state index in [-0.39, 0.29) is 11.9 Å². The Kier molecular flexibility index (Phi) is 5.31. The molecular weight excluding hydrogens is 310 g/mol. The first-order valence-corrected chi connectivity index (χ1v) is 9.30. The fourth-order valence-corrected chi connectivity index (χ4v) is 4.66. The van der Waals surface area contributed by atoms with Crippen LogP contribution in [0.25, 0.3) is 0 Å². The molecule has 2 aliphatic rings. The van der Waals surface area contributed by atoms with Crippen LogP contribution in [0, 0.1) is 11.3 Å². The van der Waals surface area contributed by atoms with Gasteiger partial charge in [-0.1, -0.05) is 6.42 Å². The Morgan fingerprint density at radius 1 is 1.30 bits per heavy atom. The largest absolute Gasteiger partial charge is 0.370 e. The predicted molar refractivity (Wildman–Crippen MR) is 89.9 cm³/mol. The Hall–Kier alpha value is -1.42. The molecule has 3 rings (SSSR count). The van der Waals surface area contributed by atoms with Crippen molar-refractivity contribution < 1.29 is 14.4 Å². The number of hydrogen-bond donors (Lipinski definition) is 2. The van der Waals surface area contributed by atoms with E-state index in [1.54, 1.807) is 11.3 Å². The lowest BCUT2D eigenvalue weighted by atomic mass is 10.1. The third-order valence-electron chi connectivity index (χ3n) is 4.91. The number of carbonyl (C=O) groups excluding carboxylic acids is 1. The molecule has 1 aromatic heterocycles. The molecule has 1 aliphatic heterocycles. The first-order valence-electron chi connectivity index (χ1n) is 8.48. The van der Waals surface area contributed by atoms with Crippen LogP contribution < -0.4 is 10.2 Å². The second-order valence-corrected chi connectivity index (χ2v) is 7.47. The maximum atomic E-state index is 12.6. The topological polar surface area (TPSA) is 66.6 Å². The van der Waals surface area contributed by atoms with Crippen LogP contribution in [-0.2, 0) is 22.4 Å². The highest BCUT2D eigenvalue weighted by molar-refractivity contribution is 7.16. The Balaban J connectivity index is 1.74. The molecule has 1 aromatic rings. The molecule has 1 atom stereocenters. The third kappa shape index (κ3) is 3.57. The molecule has 0 unspecified atom stereocenters. The molecule has 0 aromatic carbocycles. The summed E-state index contributed by atoms with van der Waals surface area (Å²) in [5, 5.41) is 13.3. The number of hydrogen-bond acceptors (Lipinski definition) is 4. The minimum atomic E-state index is -0.118. The van der Waals surface area contributed by atoms with Gasteiger partial charge in [0.15, 0.2) is 6.04 Å². The maximum absolute atomic E-state index is 12.6. The lowest BCUT2D eigenvalue weighted by molar-refractivity contribution is -0.921. The first-order chi connectivity index (χ1) is 11.2. The van der Waals surface area contributed by atoms with Crippen molar-refractivity contribution in [2.24, 2.45) is 0 Å². The summed E-state index contributed by atoms with van der Waals surface area (Å²) in [5.41, 5.74) is 1.88. The van der Waals surface area contributed by atoms with Gasteiger partial charge in [0.2, 0.25) is 0 Å². The van der Waals surface area contributed by atoms with Crippen molar-refractivity contribution in [1.82, 2.24) is 0 Å². The summed E-state index contributed by atoms with van der Waals surface area (Å²) < 4.78 is 5.36. The number of morpholine rings is 1. The molecule has 1 fully saturated rings. The molecule has 0 saturated carbocycles. The molecule has 0 spiro atoms. The standard InChI is InChI=1S/C17H23N3O2S/c1-12(20-7-9-22-10-8-20)16(21)19-17-14(11-18)13-5-3-2-4-6-15(13)23-17/h12H,2-10H2,1H3,(H,19,21)/p+1/t12-/m1/s1. The fourth-order valence-electron chi connectivity index (χ4n) is 3.42. The van der Waals surface area contributed by atoms with E-state index in [2.05, 4.69) is 11.4 Å². The zero-order chi connectivity index (χ0) is 16.2. The van der Waals surface area contributed by atoms with Gasteiger partial charge in [0.1, 0.15) is 24.2 Å². The van der Waals surface area contributed by atoms with Crippen molar-refractivity contribution in [2.75, 3.05) is 31.6 Å². The molecule has 6 heteroatoms. The summed E-state index contributed by atoms with van der Waals surface area (Å²) in [7, 11) is 0. The lowest BCUT2D eigenvalue weighted by Gasteiger charge is -2.28. The van der Waals surface area contributed by atoms with Crippen molar-refractivity contribution in [3.8, 4) is 6.07 Å². The Morgan fingerprint density at radius 2 is 2.04 bits per heavy atom. The van der Waals surface area contributed by atoms with E-state index < -0.39 is 0 Å². The number of thiophene rings is 1. The van der Waals surface area contributed by atoms with Crippen molar-refractivity contribution in [1.29, 1.82) is 5.26 Å². The number of nitrogens with zero attached hydrogens (tertiary/aromatic N) is 1. The summed E-state index contributed by atoms with van der Waals surface area (Å²) in [6, 6.07) is 2.21. The van der Waals surface area contributed by atoms with Crippen LogP contribution in [0.5, 0.6) is 0 Å². The molecule has 2 N–H and O–H groups in total. The summed E-state index contributed by atoms with van der Waals surface area (Å²) in [6.45, 7) is 5.11. The van der Waals surface area contributed by atoms with Crippen molar-refractivity contribution >= 4 is 22.2 Å². The minimum absolute atomic E-state index is 0.00908. The zero-order valence-corrected chi connectivity index (χ0v) is 14.4. The van der Waals surface area contributed by atoms with E-state index in [0.29, 0.717) is 18.8 Å². The first kappa shape index (κ1) is 16.4. The number of amides is 1. The highest BCUT2D eigenvalue weighted by Gasteiger charge is 2.29. The van der Waals surface area contributed by atoms with E-state index in [1.807, 2.05) is 6.92 Å². The van der Waals surface area contributed by atoms with Gasteiger partial charge >= 0.3 is 0 Å². The molecule has 5 nitrogen and oxygen atoms in total. The van der Waals surface area contributed by atoms with Crippen LogP contribution in [-0.4, -0.2) is 38.3 Å². The number of carbonyl (C=O) groups is 1. The van der Waals surface area contributed by atoms with E-state index in [1.165, 1.54) is 28.2 Å². The highest BCUT2D eigenvalue weighted by Crippen LogP contribution is 2.36.